The van der Waals surface area contributed by atoms with E-state index in [1.54, 1.807) is 6.07 Å². The molecule has 1 aromatic rings. The molecular weight excluding hydrogens is 182 g/mol. The Morgan fingerprint density at radius 2 is 1.92 bits per heavy atom. The highest BCUT2D eigenvalue weighted by atomic mass is 32.1. The average Bonchev–Trinajstić information content (AvgIpc) is 2.48. The molecular formula is C10H15NOS. The van der Waals surface area contributed by atoms with Gasteiger partial charge in [0.05, 0.1) is 5.03 Å². The molecule has 0 atom stereocenters. The third-order valence-electron chi connectivity index (χ3n) is 2.81. The minimum Gasteiger partial charge on any atom is -0.494 e. The van der Waals surface area contributed by atoms with E-state index in [-0.39, 0.29) is 0 Å². The summed E-state index contributed by atoms with van der Waals surface area (Å²) in [5, 5.41) is 10.5. The maximum Gasteiger partial charge on any atom is 0.192 e. The van der Waals surface area contributed by atoms with Crippen LogP contribution >= 0.6 is 12.6 Å². The van der Waals surface area contributed by atoms with Crippen LogP contribution in [0, 0.1) is 0 Å². The van der Waals surface area contributed by atoms with Gasteiger partial charge < -0.3 is 9.67 Å². The Labute approximate surface area is 84.0 Å². The molecule has 0 unspecified atom stereocenters. The summed E-state index contributed by atoms with van der Waals surface area (Å²) < 4.78 is 1.95. The molecule has 0 saturated heterocycles. The minimum absolute atomic E-state index is 0.358. The molecule has 1 aliphatic rings. The molecule has 1 aromatic heterocycles. The van der Waals surface area contributed by atoms with Crippen LogP contribution in [0.5, 0.6) is 5.88 Å². The molecule has 13 heavy (non-hydrogen) atoms. The smallest absolute Gasteiger partial charge is 0.192 e. The van der Waals surface area contributed by atoms with Crippen LogP contribution in [0.2, 0.25) is 0 Å². The van der Waals surface area contributed by atoms with Crippen molar-refractivity contribution in [2.75, 3.05) is 0 Å². The predicted molar refractivity (Wildman–Crippen MR) is 55.5 cm³/mol. The summed E-state index contributed by atoms with van der Waals surface area (Å²) in [4.78, 5) is 0. The lowest BCUT2D eigenvalue weighted by molar-refractivity contribution is 0.300. The van der Waals surface area contributed by atoms with Gasteiger partial charge in [0.2, 0.25) is 0 Å². The lowest BCUT2D eigenvalue weighted by atomic mass is 9.95. The molecule has 1 aliphatic carbocycles. The SMILES string of the molecule is Oc1ccc(S)n1C1CCCCC1. The molecule has 0 radical (unpaired) electrons. The number of nitrogens with zero attached hydrogens (tertiary/aromatic N) is 1. The van der Waals surface area contributed by atoms with Crippen LogP contribution < -0.4 is 0 Å². The van der Waals surface area contributed by atoms with Gasteiger partial charge in [-0.25, -0.2) is 0 Å². The van der Waals surface area contributed by atoms with Gasteiger partial charge in [-0.3, -0.25) is 0 Å². The van der Waals surface area contributed by atoms with Gasteiger partial charge in [-0.1, -0.05) is 19.3 Å². The molecule has 1 fully saturated rings. The minimum atomic E-state index is 0.358. The van der Waals surface area contributed by atoms with Gasteiger partial charge in [0.15, 0.2) is 5.88 Å². The van der Waals surface area contributed by atoms with Crippen molar-refractivity contribution in [2.24, 2.45) is 0 Å². The van der Waals surface area contributed by atoms with Crippen molar-refractivity contribution in [1.29, 1.82) is 0 Å². The number of aromatic nitrogens is 1. The quantitative estimate of drug-likeness (QED) is 0.665. The molecule has 0 bridgehead atoms. The Kier molecular flexibility index (Phi) is 2.54. The van der Waals surface area contributed by atoms with Gasteiger partial charge in [0.1, 0.15) is 0 Å². The number of aromatic hydroxyl groups is 1. The molecule has 1 heterocycles. The van der Waals surface area contributed by atoms with Crippen LogP contribution in [-0.4, -0.2) is 9.67 Å². The fraction of sp³-hybridized carbons (Fsp3) is 0.600. The van der Waals surface area contributed by atoms with Gasteiger partial charge in [0, 0.05) is 12.1 Å². The highest BCUT2D eigenvalue weighted by Crippen LogP contribution is 2.34. The zero-order valence-corrected chi connectivity index (χ0v) is 8.50. The Bertz CT molecular complexity index is 270. The Morgan fingerprint density at radius 3 is 2.46 bits per heavy atom. The normalized spacial score (nSPS) is 19.2. The second-order valence-electron chi connectivity index (χ2n) is 3.71. The molecule has 0 aliphatic heterocycles. The third-order valence-corrected chi connectivity index (χ3v) is 3.18. The first-order valence-electron chi connectivity index (χ1n) is 4.88. The van der Waals surface area contributed by atoms with Gasteiger partial charge in [0.25, 0.3) is 0 Å². The largest absolute Gasteiger partial charge is 0.494 e. The van der Waals surface area contributed by atoms with E-state index >= 15 is 0 Å². The third kappa shape index (κ3) is 1.70. The lowest BCUT2D eigenvalue weighted by Gasteiger charge is -2.24. The second-order valence-corrected chi connectivity index (χ2v) is 4.17. The Balaban J connectivity index is 2.22. The van der Waals surface area contributed by atoms with E-state index in [1.807, 2.05) is 10.6 Å². The van der Waals surface area contributed by atoms with E-state index in [9.17, 15) is 5.11 Å². The molecule has 1 saturated carbocycles. The van der Waals surface area contributed by atoms with Crippen LogP contribution in [0.4, 0.5) is 0 Å². The Hall–Kier alpha value is -0.570. The van der Waals surface area contributed by atoms with Crippen molar-refractivity contribution in [3.8, 4) is 5.88 Å². The van der Waals surface area contributed by atoms with Gasteiger partial charge in [-0.2, -0.15) is 0 Å². The maximum atomic E-state index is 9.60. The fourth-order valence-corrected chi connectivity index (χ4v) is 2.48. The van der Waals surface area contributed by atoms with Gasteiger partial charge in [-0.05, 0) is 18.9 Å². The first kappa shape index (κ1) is 9.00. The molecule has 0 spiro atoms. The molecule has 0 amide bonds. The molecule has 3 heteroatoms. The second kappa shape index (κ2) is 3.66. The first-order valence-corrected chi connectivity index (χ1v) is 5.33. The molecule has 0 aromatic carbocycles. The summed E-state index contributed by atoms with van der Waals surface area (Å²) in [6, 6.07) is 4.04. The molecule has 72 valence electrons. The van der Waals surface area contributed by atoms with E-state index in [0.29, 0.717) is 11.9 Å². The Morgan fingerprint density at radius 1 is 1.23 bits per heavy atom. The average molecular weight is 197 g/mol. The molecule has 2 rings (SSSR count). The monoisotopic (exact) mass is 197 g/mol. The number of hydrogen-bond donors (Lipinski definition) is 2. The first-order chi connectivity index (χ1) is 6.29. The number of rotatable bonds is 1. The summed E-state index contributed by atoms with van der Waals surface area (Å²) >= 11 is 4.33. The van der Waals surface area contributed by atoms with E-state index in [4.69, 9.17) is 0 Å². The van der Waals surface area contributed by atoms with E-state index in [2.05, 4.69) is 12.6 Å². The number of hydrogen-bond acceptors (Lipinski definition) is 2. The van der Waals surface area contributed by atoms with E-state index in [1.165, 1.54) is 32.1 Å². The zero-order valence-electron chi connectivity index (χ0n) is 7.61. The standard InChI is InChI=1S/C10H15NOS/c12-9-6-7-10(13)11(9)8-4-2-1-3-5-8/h6-8,12-13H,1-5H2. The van der Waals surface area contributed by atoms with Crippen LogP contribution in [0.3, 0.4) is 0 Å². The fourth-order valence-electron chi connectivity index (χ4n) is 2.14. The summed E-state index contributed by atoms with van der Waals surface area (Å²) in [5.41, 5.74) is 0. The van der Waals surface area contributed by atoms with E-state index in [0.717, 1.165) is 5.03 Å². The van der Waals surface area contributed by atoms with Crippen molar-refractivity contribution in [3.63, 3.8) is 0 Å². The van der Waals surface area contributed by atoms with Crippen LogP contribution in [0.25, 0.3) is 0 Å². The highest BCUT2D eigenvalue weighted by molar-refractivity contribution is 7.80. The predicted octanol–water partition coefficient (Wildman–Crippen LogP) is 2.99. The topological polar surface area (TPSA) is 25.2 Å². The van der Waals surface area contributed by atoms with Crippen LogP contribution in [-0.2, 0) is 0 Å². The summed E-state index contributed by atoms with van der Waals surface area (Å²) in [6.07, 6.45) is 6.23. The van der Waals surface area contributed by atoms with Crippen LogP contribution in [0.1, 0.15) is 38.1 Å². The molecule has 2 nitrogen and oxygen atoms in total. The van der Waals surface area contributed by atoms with Crippen molar-refractivity contribution < 1.29 is 5.11 Å². The van der Waals surface area contributed by atoms with Crippen LogP contribution in [0.15, 0.2) is 17.2 Å². The zero-order chi connectivity index (χ0) is 9.26. The lowest BCUT2D eigenvalue weighted by Crippen LogP contribution is -2.12. The van der Waals surface area contributed by atoms with Crippen molar-refractivity contribution in [1.82, 2.24) is 4.57 Å². The highest BCUT2D eigenvalue weighted by Gasteiger charge is 2.18. The van der Waals surface area contributed by atoms with E-state index < -0.39 is 0 Å². The van der Waals surface area contributed by atoms with Gasteiger partial charge >= 0.3 is 0 Å². The number of thiol groups is 1. The molecule has 1 N–H and O–H groups in total. The summed E-state index contributed by atoms with van der Waals surface area (Å²) in [5.74, 6) is 0.358. The van der Waals surface area contributed by atoms with Crippen molar-refractivity contribution >= 4 is 12.6 Å². The summed E-state index contributed by atoms with van der Waals surface area (Å²) in [6.45, 7) is 0. The maximum absolute atomic E-state index is 9.60. The van der Waals surface area contributed by atoms with Gasteiger partial charge in [-0.15, -0.1) is 12.6 Å². The van der Waals surface area contributed by atoms with Crippen molar-refractivity contribution in [3.05, 3.63) is 12.1 Å². The van der Waals surface area contributed by atoms with Crippen molar-refractivity contribution in [2.45, 2.75) is 43.2 Å². The summed E-state index contributed by atoms with van der Waals surface area (Å²) in [7, 11) is 0.